The minimum absolute atomic E-state index is 0.111. The number of aromatic carboxylic acids is 2. The molecular formula is C22H13NO6S2. The van der Waals surface area contributed by atoms with Gasteiger partial charge in [-0.15, -0.1) is 0 Å². The van der Waals surface area contributed by atoms with Gasteiger partial charge >= 0.3 is 11.9 Å². The van der Waals surface area contributed by atoms with Crippen molar-refractivity contribution < 1.29 is 29.0 Å². The number of thioether (sulfide) groups is 1. The van der Waals surface area contributed by atoms with Gasteiger partial charge in [0.25, 0.3) is 5.91 Å². The third-order valence-corrected chi connectivity index (χ3v) is 5.76. The van der Waals surface area contributed by atoms with Gasteiger partial charge in [-0.25, -0.2) is 9.59 Å². The highest BCUT2D eigenvalue weighted by Gasteiger charge is 2.33. The summed E-state index contributed by atoms with van der Waals surface area (Å²) in [6, 6.07) is 15.6. The quantitative estimate of drug-likeness (QED) is 0.423. The van der Waals surface area contributed by atoms with E-state index < -0.39 is 11.9 Å². The smallest absolute Gasteiger partial charge is 0.335 e. The summed E-state index contributed by atoms with van der Waals surface area (Å²) < 4.78 is 6.09. The van der Waals surface area contributed by atoms with Crippen LogP contribution >= 0.6 is 24.0 Å². The Hall–Kier alpha value is -3.69. The lowest BCUT2D eigenvalue weighted by Gasteiger charge is -2.14. The van der Waals surface area contributed by atoms with E-state index in [1.807, 2.05) is 0 Å². The Bertz CT molecular complexity index is 1260. The minimum Gasteiger partial charge on any atom is -0.478 e. The van der Waals surface area contributed by atoms with Crippen molar-refractivity contribution in [2.45, 2.75) is 0 Å². The van der Waals surface area contributed by atoms with Gasteiger partial charge in [0.05, 0.1) is 21.7 Å². The summed E-state index contributed by atoms with van der Waals surface area (Å²) in [5.41, 5.74) is 1.33. The number of rotatable bonds is 5. The summed E-state index contributed by atoms with van der Waals surface area (Å²) in [5, 5.41) is 18.2. The van der Waals surface area contributed by atoms with Crippen molar-refractivity contribution in [3.8, 4) is 11.3 Å². The van der Waals surface area contributed by atoms with Crippen molar-refractivity contribution in [2.75, 3.05) is 4.90 Å². The molecule has 1 aromatic heterocycles. The normalized spacial score (nSPS) is 15.0. The van der Waals surface area contributed by atoms with E-state index in [9.17, 15) is 14.4 Å². The molecule has 0 spiro atoms. The number of anilines is 1. The number of furan rings is 1. The maximum atomic E-state index is 12.9. The summed E-state index contributed by atoms with van der Waals surface area (Å²) in [6.45, 7) is 0. The molecular weight excluding hydrogens is 438 g/mol. The van der Waals surface area contributed by atoms with E-state index in [4.69, 9.17) is 26.8 Å². The highest BCUT2D eigenvalue weighted by atomic mass is 32.2. The van der Waals surface area contributed by atoms with E-state index >= 15 is 0 Å². The maximum Gasteiger partial charge on any atom is 0.335 e. The number of hydrogen-bond acceptors (Lipinski definition) is 6. The van der Waals surface area contributed by atoms with Crippen molar-refractivity contribution in [1.82, 2.24) is 0 Å². The first-order valence-corrected chi connectivity index (χ1v) is 10.1. The minimum atomic E-state index is -1.06. The molecule has 7 nitrogen and oxygen atoms in total. The van der Waals surface area contributed by atoms with Crippen LogP contribution in [0.3, 0.4) is 0 Å². The lowest BCUT2D eigenvalue weighted by atomic mass is 10.1. The molecule has 1 saturated heterocycles. The molecule has 0 aliphatic carbocycles. The summed E-state index contributed by atoms with van der Waals surface area (Å²) in [7, 11) is 0. The van der Waals surface area contributed by atoms with Crippen LogP contribution in [0, 0.1) is 0 Å². The van der Waals surface area contributed by atoms with Gasteiger partial charge in [-0.3, -0.25) is 9.69 Å². The Kier molecular flexibility index (Phi) is 5.45. The highest BCUT2D eigenvalue weighted by Crippen LogP contribution is 2.36. The van der Waals surface area contributed by atoms with Gasteiger partial charge in [-0.2, -0.15) is 0 Å². The number of benzene rings is 2. The van der Waals surface area contributed by atoms with Crippen molar-refractivity contribution in [3.05, 3.63) is 82.5 Å². The standard InChI is InChI=1S/C22H13NO6S2/c24-19-18(31-22(30)23(19)15-6-4-12(5-7-15)20(25)26)11-16-8-9-17(29-16)13-2-1-3-14(10-13)21(27)28/h1-11H,(H,25,26)(H,27,28)/b18-11-. The molecule has 154 valence electrons. The summed E-state index contributed by atoms with van der Waals surface area (Å²) in [5.74, 6) is -1.55. The van der Waals surface area contributed by atoms with Gasteiger partial charge in [-0.1, -0.05) is 36.1 Å². The molecule has 9 heteroatoms. The third kappa shape index (κ3) is 4.14. The maximum absolute atomic E-state index is 12.9. The summed E-state index contributed by atoms with van der Waals surface area (Å²) in [6.07, 6.45) is 1.56. The van der Waals surface area contributed by atoms with E-state index in [1.165, 1.54) is 41.3 Å². The number of nitrogens with zero attached hydrogens (tertiary/aromatic N) is 1. The number of hydrogen-bond donors (Lipinski definition) is 2. The Morgan fingerprint density at radius 1 is 0.968 bits per heavy atom. The van der Waals surface area contributed by atoms with Crippen LogP contribution in [-0.4, -0.2) is 32.4 Å². The van der Waals surface area contributed by atoms with Crippen LogP contribution in [0.25, 0.3) is 17.4 Å². The summed E-state index contributed by atoms with van der Waals surface area (Å²) in [4.78, 5) is 36.7. The third-order valence-electron chi connectivity index (χ3n) is 4.46. The van der Waals surface area contributed by atoms with Crippen LogP contribution in [0.1, 0.15) is 26.5 Å². The van der Waals surface area contributed by atoms with E-state index in [-0.39, 0.29) is 17.0 Å². The number of thiocarbonyl (C=S) groups is 1. The van der Waals surface area contributed by atoms with Gasteiger partial charge in [0.15, 0.2) is 4.32 Å². The lowest BCUT2D eigenvalue weighted by Crippen LogP contribution is -2.27. The summed E-state index contributed by atoms with van der Waals surface area (Å²) >= 11 is 6.43. The second-order valence-electron chi connectivity index (χ2n) is 6.46. The molecule has 1 fully saturated rings. The zero-order valence-corrected chi connectivity index (χ0v) is 17.3. The Morgan fingerprint density at radius 2 is 1.68 bits per heavy atom. The first-order valence-electron chi connectivity index (χ1n) is 8.88. The van der Waals surface area contributed by atoms with Crippen LogP contribution in [0.15, 0.2) is 70.0 Å². The number of carboxylic acid groups (broad SMARTS) is 2. The Morgan fingerprint density at radius 3 is 2.35 bits per heavy atom. The molecule has 1 aliphatic rings. The number of carboxylic acids is 2. The second-order valence-corrected chi connectivity index (χ2v) is 8.13. The molecule has 3 aromatic rings. The fraction of sp³-hybridized carbons (Fsp3) is 0. The van der Waals surface area contributed by atoms with E-state index in [0.29, 0.717) is 32.0 Å². The number of carbonyl (C=O) groups is 3. The molecule has 1 aliphatic heterocycles. The Labute approximate surface area is 185 Å². The van der Waals surface area contributed by atoms with Crippen LogP contribution < -0.4 is 4.90 Å². The molecule has 0 radical (unpaired) electrons. The van der Waals surface area contributed by atoms with Crippen LogP contribution in [-0.2, 0) is 4.79 Å². The second kappa shape index (κ2) is 8.21. The molecule has 0 bridgehead atoms. The van der Waals surface area contributed by atoms with E-state index in [1.54, 1.807) is 30.3 Å². The fourth-order valence-electron chi connectivity index (χ4n) is 2.96. The molecule has 0 saturated carbocycles. The number of amides is 1. The van der Waals surface area contributed by atoms with E-state index in [0.717, 1.165) is 11.8 Å². The van der Waals surface area contributed by atoms with Crippen molar-refractivity contribution in [2.24, 2.45) is 0 Å². The molecule has 2 aromatic carbocycles. The van der Waals surface area contributed by atoms with Gasteiger partial charge < -0.3 is 14.6 Å². The molecule has 0 unspecified atom stereocenters. The largest absolute Gasteiger partial charge is 0.478 e. The predicted octanol–water partition coefficient (Wildman–Crippen LogP) is 4.75. The van der Waals surface area contributed by atoms with Crippen molar-refractivity contribution >= 4 is 57.9 Å². The molecule has 2 N–H and O–H groups in total. The molecule has 0 atom stereocenters. The van der Waals surface area contributed by atoms with Gasteiger partial charge in [0.1, 0.15) is 11.5 Å². The topological polar surface area (TPSA) is 108 Å². The zero-order chi connectivity index (χ0) is 22.1. The molecule has 2 heterocycles. The van der Waals surface area contributed by atoms with Gasteiger partial charge in [0.2, 0.25) is 0 Å². The van der Waals surface area contributed by atoms with Crippen molar-refractivity contribution in [1.29, 1.82) is 0 Å². The highest BCUT2D eigenvalue weighted by molar-refractivity contribution is 8.27. The first-order chi connectivity index (χ1) is 14.8. The zero-order valence-electron chi connectivity index (χ0n) is 15.6. The van der Waals surface area contributed by atoms with Crippen LogP contribution in [0.5, 0.6) is 0 Å². The first kappa shape index (κ1) is 20.6. The Balaban J connectivity index is 1.58. The average Bonchev–Trinajstić information content (AvgIpc) is 3.33. The monoisotopic (exact) mass is 451 g/mol. The lowest BCUT2D eigenvalue weighted by molar-refractivity contribution is -0.113. The SMILES string of the molecule is O=C(O)c1ccc(N2C(=O)/C(=C/c3ccc(-c4cccc(C(=O)O)c4)o3)SC2=S)cc1. The number of carbonyl (C=O) groups excluding carboxylic acids is 1. The molecule has 1 amide bonds. The van der Waals surface area contributed by atoms with Crippen LogP contribution in [0.2, 0.25) is 0 Å². The van der Waals surface area contributed by atoms with E-state index in [2.05, 4.69) is 0 Å². The van der Waals surface area contributed by atoms with Crippen molar-refractivity contribution in [3.63, 3.8) is 0 Å². The molecule has 4 rings (SSSR count). The van der Waals surface area contributed by atoms with Gasteiger partial charge in [-0.05, 0) is 48.5 Å². The average molecular weight is 451 g/mol. The molecule has 31 heavy (non-hydrogen) atoms. The van der Waals surface area contributed by atoms with Crippen LogP contribution in [0.4, 0.5) is 5.69 Å². The predicted molar refractivity (Wildman–Crippen MR) is 120 cm³/mol. The fourth-order valence-corrected chi connectivity index (χ4v) is 4.24. The van der Waals surface area contributed by atoms with Gasteiger partial charge in [0, 0.05) is 11.6 Å².